The van der Waals surface area contributed by atoms with Crippen molar-refractivity contribution in [1.29, 1.82) is 0 Å². The van der Waals surface area contributed by atoms with Crippen LogP contribution in [0.3, 0.4) is 0 Å². The fraction of sp³-hybridized carbons (Fsp3) is 0.129. The zero-order chi connectivity index (χ0) is 23.4. The lowest BCUT2D eigenvalue weighted by Crippen LogP contribution is -2.12. The second-order valence-corrected chi connectivity index (χ2v) is 10.8. The summed E-state index contributed by atoms with van der Waals surface area (Å²) in [6, 6.07) is 28.7. The molecular weight excluding hydrogens is 437 g/mol. The Morgan fingerprint density at radius 2 is 1.44 bits per heavy atom. The topological polar surface area (TPSA) is 12.9 Å². The molecule has 0 bridgehead atoms. The van der Waals surface area contributed by atoms with E-state index in [1.54, 1.807) is 0 Å². The quantitative estimate of drug-likeness (QED) is 0.250. The van der Waals surface area contributed by atoms with E-state index in [-0.39, 0.29) is 11.2 Å². The van der Waals surface area contributed by atoms with Gasteiger partial charge in [0.05, 0.1) is 15.1 Å². The van der Waals surface area contributed by atoms with E-state index in [1.165, 1.54) is 27.7 Å². The van der Waals surface area contributed by atoms with Gasteiger partial charge in [0.25, 0.3) is 0 Å². The normalized spacial score (nSPS) is 12.1. The van der Waals surface area contributed by atoms with Gasteiger partial charge in [0.1, 0.15) is 5.82 Å². The Morgan fingerprint density at radius 1 is 0.706 bits per heavy atom. The zero-order valence-electron chi connectivity index (χ0n) is 19.4. The van der Waals surface area contributed by atoms with E-state index in [0.29, 0.717) is 10.3 Å². The van der Waals surface area contributed by atoms with Crippen LogP contribution in [0.2, 0.25) is 0 Å². The van der Waals surface area contributed by atoms with Crippen LogP contribution in [0.4, 0.5) is 4.39 Å². The van der Waals surface area contributed by atoms with Crippen LogP contribution >= 0.6 is 11.3 Å². The Labute approximate surface area is 202 Å². The van der Waals surface area contributed by atoms with E-state index in [1.807, 2.05) is 54.7 Å². The summed E-state index contributed by atoms with van der Waals surface area (Å²) in [5.41, 5.74) is 4.79. The number of fused-ring (bicyclic) bond motifs is 4. The molecule has 0 aliphatic rings. The summed E-state index contributed by atoms with van der Waals surface area (Å²) < 4.78 is 17.5. The van der Waals surface area contributed by atoms with Crippen LogP contribution < -0.4 is 0 Å². The van der Waals surface area contributed by atoms with Crippen molar-refractivity contribution in [2.75, 3.05) is 0 Å². The van der Waals surface area contributed by atoms with Gasteiger partial charge in [0.2, 0.25) is 0 Å². The molecule has 166 valence electrons. The standard InChI is InChI=1S/C31H24FNS/c1-31(2,3)26-18-21(17-20-11-7-8-12-22(20)26)28-30-25(15-16-33-28)24-14-13-23(27(32)29(24)34-30)19-9-5-4-6-10-19/h4-18H,1-3H3. The number of hydrogen-bond donors (Lipinski definition) is 0. The van der Waals surface area contributed by atoms with Crippen LogP contribution in [-0.4, -0.2) is 4.98 Å². The minimum absolute atomic E-state index is 0.0135. The fourth-order valence-electron chi connectivity index (χ4n) is 4.85. The number of benzene rings is 4. The lowest BCUT2D eigenvalue weighted by molar-refractivity contribution is 0.596. The Hall–Kier alpha value is -3.56. The summed E-state index contributed by atoms with van der Waals surface area (Å²) in [5.74, 6) is -0.162. The molecule has 0 aliphatic carbocycles. The SMILES string of the molecule is CC(C)(C)c1cc(-c2nccc3c2sc2c(F)c(-c4ccccc4)ccc23)cc2ccccc12. The summed E-state index contributed by atoms with van der Waals surface area (Å²) in [6.07, 6.45) is 1.85. The van der Waals surface area contributed by atoms with Crippen molar-refractivity contribution in [3.8, 4) is 22.4 Å². The summed E-state index contributed by atoms with van der Waals surface area (Å²) in [6.45, 7) is 6.73. The third kappa shape index (κ3) is 3.31. The average molecular weight is 462 g/mol. The number of thiophene rings is 1. The molecule has 1 nitrogen and oxygen atoms in total. The molecule has 3 heteroatoms. The number of pyridine rings is 1. The zero-order valence-corrected chi connectivity index (χ0v) is 20.2. The summed E-state index contributed by atoms with van der Waals surface area (Å²) >= 11 is 1.50. The molecule has 0 radical (unpaired) electrons. The minimum atomic E-state index is -0.162. The van der Waals surface area contributed by atoms with E-state index in [4.69, 9.17) is 4.98 Å². The van der Waals surface area contributed by atoms with Crippen molar-refractivity contribution in [2.24, 2.45) is 0 Å². The Balaban J connectivity index is 1.63. The molecular formula is C31H24FNS. The lowest BCUT2D eigenvalue weighted by atomic mass is 9.82. The smallest absolute Gasteiger partial charge is 0.148 e. The van der Waals surface area contributed by atoms with Crippen LogP contribution in [0.5, 0.6) is 0 Å². The molecule has 4 aromatic carbocycles. The van der Waals surface area contributed by atoms with Crippen molar-refractivity contribution in [3.05, 3.63) is 103 Å². The van der Waals surface area contributed by atoms with Gasteiger partial charge in [-0.1, -0.05) is 87.5 Å². The van der Waals surface area contributed by atoms with Crippen molar-refractivity contribution < 1.29 is 4.39 Å². The number of halogens is 1. The van der Waals surface area contributed by atoms with Crippen LogP contribution in [0.25, 0.3) is 53.3 Å². The second-order valence-electron chi connectivity index (χ2n) is 9.80. The van der Waals surface area contributed by atoms with Gasteiger partial charge in [-0.15, -0.1) is 11.3 Å². The van der Waals surface area contributed by atoms with Crippen LogP contribution in [0.1, 0.15) is 26.3 Å². The summed E-state index contributed by atoms with van der Waals surface area (Å²) in [4.78, 5) is 4.80. The van der Waals surface area contributed by atoms with E-state index in [0.717, 1.165) is 32.3 Å². The summed E-state index contributed by atoms with van der Waals surface area (Å²) in [7, 11) is 0. The molecule has 6 aromatic rings. The molecule has 0 aliphatic heterocycles. The third-order valence-electron chi connectivity index (χ3n) is 6.52. The first-order valence-corrected chi connectivity index (χ1v) is 12.3. The van der Waals surface area contributed by atoms with E-state index in [9.17, 15) is 0 Å². The highest BCUT2D eigenvalue weighted by Gasteiger charge is 2.21. The van der Waals surface area contributed by atoms with Gasteiger partial charge in [0.15, 0.2) is 0 Å². The Kier molecular flexibility index (Phi) is 4.79. The molecule has 0 fully saturated rings. The first-order chi connectivity index (χ1) is 16.4. The maximum atomic E-state index is 15.7. The van der Waals surface area contributed by atoms with E-state index in [2.05, 4.69) is 57.2 Å². The van der Waals surface area contributed by atoms with E-state index >= 15 is 4.39 Å². The highest BCUT2D eigenvalue weighted by Crippen LogP contribution is 2.43. The van der Waals surface area contributed by atoms with Crippen molar-refractivity contribution in [1.82, 2.24) is 4.98 Å². The minimum Gasteiger partial charge on any atom is -0.255 e. The molecule has 6 rings (SSSR count). The number of aromatic nitrogens is 1. The largest absolute Gasteiger partial charge is 0.255 e. The molecule has 0 spiro atoms. The van der Waals surface area contributed by atoms with Gasteiger partial charge in [0, 0.05) is 28.1 Å². The number of nitrogens with zero attached hydrogens (tertiary/aromatic N) is 1. The van der Waals surface area contributed by atoms with Crippen molar-refractivity contribution >= 4 is 42.3 Å². The van der Waals surface area contributed by atoms with Gasteiger partial charge in [-0.3, -0.25) is 4.98 Å². The molecule has 34 heavy (non-hydrogen) atoms. The summed E-state index contributed by atoms with van der Waals surface area (Å²) in [5, 5.41) is 4.45. The number of hydrogen-bond acceptors (Lipinski definition) is 2. The second kappa shape index (κ2) is 7.75. The van der Waals surface area contributed by atoms with Crippen molar-refractivity contribution in [3.63, 3.8) is 0 Å². The first kappa shape index (κ1) is 21.0. The molecule has 0 atom stereocenters. The molecule has 0 saturated carbocycles. The Morgan fingerprint density at radius 3 is 2.24 bits per heavy atom. The van der Waals surface area contributed by atoms with E-state index < -0.39 is 0 Å². The Bertz CT molecular complexity index is 1690. The molecule has 0 saturated heterocycles. The highest BCUT2D eigenvalue weighted by atomic mass is 32.1. The molecule has 2 heterocycles. The molecule has 2 aromatic heterocycles. The fourth-order valence-corrected chi connectivity index (χ4v) is 6.09. The molecule has 0 unspecified atom stereocenters. The van der Waals surface area contributed by atoms with Gasteiger partial charge < -0.3 is 0 Å². The maximum Gasteiger partial charge on any atom is 0.148 e. The monoisotopic (exact) mass is 461 g/mol. The highest BCUT2D eigenvalue weighted by molar-refractivity contribution is 7.26. The third-order valence-corrected chi connectivity index (χ3v) is 7.74. The molecule has 0 N–H and O–H groups in total. The van der Waals surface area contributed by atoms with Gasteiger partial charge in [-0.05, 0) is 45.5 Å². The van der Waals surface area contributed by atoms with Gasteiger partial charge >= 0.3 is 0 Å². The van der Waals surface area contributed by atoms with Gasteiger partial charge in [-0.2, -0.15) is 0 Å². The van der Waals surface area contributed by atoms with Crippen molar-refractivity contribution in [2.45, 2.75) is 26.2 Å². The average Bonchev–Trinajstić information content (AvgIpc) is 3.23. The van der Waals surface area contributed by atoms with Crippen LogP contribution in [0.15, 0.2) is 91.1 Å². The lowest BCUT2D eigenvalue weighted by Gasteiger charge is -2.22. The van der Waals surface area contributed by atoms with Crippen LogP contribution in [0, 0.1) is 5.82 Å². The maximum absolute atomic E-state index is 15.7. The number of rotatable bonds is 2. The molecule has 0 amide bonds. The van der Waals surface area contributed by atoms with Crippen LogP contribution in [-0.2, 0) is 5.41 Å². The van der Waals surface area contributed by atoms with Gasteiger partial charge in [-0.25, -0.2) is 4.39 Å². The first-order valence-electron chi connectivity index (χ1n) is 11.5. The predicted octanol–water partition coefficient (Wildman–Crippen LogP) is 9.37. The predicted molar refractivity (Wildman–Crippen MR) is 144 cm³/mol.